The summed E-state index contributed by atoms with van der Waals surface area (Å²) in [7, 11) is -3.34. The van der Waals surface area contributed by atoms with Crippen molar-refractivity contribution in [3.8, 4) is 11.3 Å². The number of aromatic nitrogens is 1. The summed E-state index contributed by atoms with van der Waals surface area (Å²) in [5.74, 6) is 0.0402. The van der Waals surface area contributed by atoms with E-state index in [1.165, 1.54) is 0 Å². The van der Waals surface area contributed by atoms with Gasteiger partial charge >= 0.3 is 0 Å². The van der Waals surface area contributed by atoms with Gasteiger partial charge in [0.15, 0.2) is 0 Å². The maximum atomic E-state index is 12.7. The molecule has 3 rings (SSSR count). The van der Waals surface area contributed by atoms with Gasteiger partial charge in [-0.05, 0) is 44.0 Å². The molecule has 0 spiro atoms. The van der Waals surface area contributed by atoms with Crippen molar-refractivity contribution in [3.05, 3.63) is 47.2 Å². The standard InChI is InChI=1S/C19H23N3O3S/c1-5-12(2)22-11-15-10-17(20-13(3)18(15)19(22)23)14-7-6-8-16(9-14)21-26(4,24)25/h6-10,12,21H,5,11H2,1-4H3. The smallest absolute Gasteiger partial charge is 0.256 e. The molecule has 1 amide bonds. The third kappa shape index (κ3) is 3.58. The molecule has 0 saturated heterocycles. The fraction of sp³-hybridized carbons (Fsp3) is 0.368. The second kappa shape index (κ2) is 6.72. The van der Waals surface area contributed by atoms with E-state index in [2.05, 4.69) is 16.6 Å². The fourth-order valence-electron chi connectivity index (χ4n) is 3.23. The number of amides is 1. The molecule has 26 heavy (non-hydrogen) atoms. The van der Waals surface area contributed by atoms with Crippen molar-refractivity contribution in [3.63, 3.8) is 0 Å². The summed E-state index contributed by atoms with van der Waals surface area (Å²) in [5.41, 5.74) is 4.40. The molecular weight excluding hydrogens is 350 g/mol. The summed E-state index contributed by atoms with van der Waals surface area (Å²) in [6.07, 6.45) is 2.02. The van der Waals surface area contributed by atoms with Gasteiger partial charge in [0.25, 0.3) is 5.91 Å². The SMILES string of the molecule is CCC(C)N1Cc2cc(-c3cccc(NS(C)(=O)=O)c3)nc(C)c2C1=O. The average Bonchev–Trinajstić information content (AvgIpc) is 2.90. The van der Waals surface area contributed by atoms with Crippen molar-refractivity contribution >= 4 is 21.6 Å². The van der Waals surface area contributed by atoms with E-state index < -0.39 is 10.0 Å². The molecule has 1 N–H and O–H groups in total. The zero-order chi connectivity index (χ0) is 19.1. The van der Waals surface area contributed by atoms with Crippen molar-refractivity contribution < 1.29 is 13.2 Å². The summed E-state index contributed by atoms with van der Waals surface area (Å²) in [6.45, 7) is 6.55. The van der Waals surface area contributed by atoms with Gasteiger partial charge < -0.3 is 4.90 Å². The number of pyridine rings is 1. The molecule has 0 aliphatic carbocycles. The quantitative estimate of drug-likeness (QED) is 0.873. The summed E-state index contributed by atoms with van der Waals surface area (Å²) in [4.78, 5) is 19.2. The number of aryl methyl sites for hydroxylation is 1. The first kappa shape index (κ1) is 18.4. The maximum Gasteiger partial charge on any atom is 0.256 e. The van der Waals surface area contributed by atoms with Gasteiger partial charge in [-0.2, -0.15) is 0 Å². The predicted molar refractivity (Wildman–Crippen MR) is 103 cm³/mol. The van der Waals surface area contributed by atoms with Gasteiger partial charge in [0.2, 0.25) is 10.0 Å². The Morgan fingerprint density at radius 1 is 1.31 bits per heavy atom. The average molecular weight is 373 g/mol. The Balaban J connectivity index is 1.99. The van der Waals surface area contributed by atoms with Gasteiger partial charge in [-0.1, -0.05) is 19.1 Å². The summed E-state index contributed by atoms with van der Waals surface area (Å²) >= 11 is 0. The molecular formula is C19H23N3O3S. The van der Waals surface area contributed by atoms with E-state index in [-0.39, 0.29) is 11.9 Å². The van der Waals surface area contributed by atoms with Crippen LogP contribution >= 0.6 is 0 Å². The van der Waals surface area contributed by atoms with Crippen molar-refractivity contribution in [1.29, 1.82) is 0 Å². The highest BCUT2D eigenvalue weighted by Gasteiger charge is 2.32. The van der Waals surface area contributed by atoms with Crippen LogP contribution in [0.3, 0.4) is 0 Å². The van der Waals surface area contributed by atoms with E-state index >= 15 is 0 Å². The van der Waals surface area contributed by atoms with Crippen LogP contribution in [-0.2, 0) is 16.6 Å². The van der Waals surface area contributed by atoms with Crippen LogP contribution in [0, 0.1) is 6.92 Å². The van der Waals surface area contributed by atoms with E-state index in [1.807, 2.05) is 30.9 Å². The van der Waals surface area contributed by atoms with E-state index in [4.69, 9.17) is 0 Å². The first-order chi connectivity index (χ1) is 12.2. The molecule has 7 heteroatoms. The second-order valence-corrected chi connectivity index (χ2v) is 8.52. The monoisotopic (exact) mass is 373 g/mol. The van der Waals surface area contributed by atoms with Crippen LogP contribution in [0.25, 0.3) is 11.3 Å². The molecule has 1 aromatic heterocycles. The number of benzene rings is 1. The van der Waals surface area contributed by atoms with Crippen molar-refractivity contribution in [2.75, 3.05) is 11.0 Å². The van der Waals surface area contributed by atoms with E-state index in [1.54, 1.807) is 18.2 Å². The third-order valence-corrected chi connectivity index (χ3v) is 5.29. The Morgan fingerprint density at radius 3 is 2.69 bits per heavy atom. The molecule has 1 atom stereocenters. The van der Waals surface area contributed by atoms with E-state index in [0.717, 1.165) is 29.5 Å². The minimum atomic E-state index is -3.34. The first-order valence-corrected chi connectivity index (χ1v) is 10.5. The van der Waals surface area contributed by atoms with E-state index in [9.17, 15) is 13.2 Å². The lowest BCUT2D eigenvalue weighted by Crippen LogP contribution is -2.32. The van der Waals surface area contributed by atoms with Crippen molar-refractivity contribution in [2.45, 2.75) is 39.8 Å². The molecule has 1 aromatic carbocycles. The van der Waals surface area contributed by atoms with Crippen LogP contribution in [0.4, 0.5) is 5.69 Å². The molecule has 1 aliphatic heterocycles. The Hall–Kier alpha value is -2.41. The third-order valence-electron chi connectivity index (χ3n) is 4.68. The van der Waals surface area contributed by atoms with Gasteiger partial charge in [0.1, 0.15) is 0 Å². The fourth-order valence-corrected chi connectivity index (χ4v) is 3.79. The number of hydrogen-bond donors (Lipinski definition) is 1. The van der Waals surface area contributed by atoms with Gasteiger partial charge in [0.05, 0.1) is 23.2 Å². The largest absolute Gasteiger partial charge is 0.332 e. The zero-order valence-corrected chi connectivity index (χ0v) is 16.2. The summed E-state index contributed by atoms with van der Waals surface area (Å²) in [5, 5.41) is 0. The molecule has 138 valence electrons. The number of carbonyl (C=O) groups is 1. The maximum absolute atomic E-state index is 12.7. The van der Waals surface area contributed by atoms with Crippen molar-refractivity contribution in [2.24, 2.45) is 0 Å². The summed E-state index contributed by atoms with van der Waals surface area (Å²) < 4.78 is 25.4. The topological polar surface area (TPSA) is 79.4 Å². The van der Waals surface area contributed by atoms with Gasteiger partial charge in [-0.15, -0.1) is 0 Å². The normalized spacial score (nSPS) is 15.1. The van der Waals surface area contributed by atoms with Crippen molar-refractivity contribution in [1.82, 2.24) is 9.88 Å². The molecule has 0 fully saturated rings. The second-order valence-electron chi connectivity index (χ2n) is 6.77. The van der Waals surface area contributed by atoms with Crippen LogP contribution in [0.15, 0.2) is 30.3 Å². The minimum absolute atomic E-state index is 0.0402. The number of nitrogens with one attached hydrogen (secondary N) is 1. The molecule has 1 aliphatic rings. The minimum Gasteiger partial charge on any atom is -0.332 e. The number of fused-ring (bicyclic) bond motifs is 1. The molecule has 0 bridgehead atoms. The lowest BCUT2D eigenvalue weighted by Gasteiger charge is -2.22. The highest BCUT2D eigenvalue weighted by atomic mass is 32.2. The number of hydrogen-bond acceptors (Lipinski definition) is 4. The Bertz CT molecular complexity index is 970. The van der Waals surface area contributed by atoms with Gasteiger partial charge in [0, 0.05) is 23.8 Å². The molecule has 0 saturated carbocycles. The summed E-state index contributed by atoms with van der Waals surface area (Å²) in [6, 6.07) is 9.22. The zero-order valence-electron chi connectivity index (χ0n) is 15.4. The highest BCUT2D eigenvalue weighted by Crippen LogP contribution is 2.31. The molecule has 0 radical (unpaired) electrons. The van der Waals surface area contributed by atoms with Crippen LogP contribution < -0.4 is 4.72 Å². The van der Waals surface area contributed by atoms with E-state index in [0.29, 0.717) is 23.5 Å². The predicted octanol–water partition coefficient (Wildman–Crippen LogP) is 3.18. The lowest BCUT2D eigenvalue weighted by atomic mass is 10.0. The Morgan fingerprint density at radius 2 is 2.04 bits per heavy atom. The number of anilines is 1. The molecule has 6 nitrogen and oxygen atoms in total. The number of carbonyl (C=O) groups excluding carboxylic acids is 1. The number of sulfonamides is 1. The van der Waals surface area contributed by atoms with Gasteiger partial charge in [-0.25, -0.2) is 8.42 Å². The number of rotatable bonds is 5. The van der Waals surface area contributed by atoms with Gasteiger partial charge in [-0.3, -0.25) is 14.5 Å². The van der Waals surface area contributed by atoms with Crippen LogP contribution in [-0.4, -0.2) is 36.5 Å². The lowest BCUT2D eigenvalue weighted by molar-refractivity contribution is 0.0712. The Labute approximate surface area is 154 Å². The molecule has 1 unspecified atom stereocenters. The molecule has 2 aromatic rings. The highest BCUT2D eigenvalue weighted by molar-refractivity contribution is 7.92. The van der Waals surface area contributed by atoms with Crippen LogP contribution in [0.1, 0.15) is 41.9 Å². The van der Waals surface area contributed by atoms with Crippen LogP contribution in [0.2, 0.25) is 0 Å². The Kier molecular flexibility index (Phi) is 4.75. The molecule has 2 heterocycles. The number of nitrogens with zero attached hydrogens (tertiary/aromatic N) is 2. The first-order valence-electron chi connectivity index (χ1n) is 8.59. The van der Waals surface area contributed by atoms with Crippen LogP contribution in [0.5, 0.6) is 0 Å².